The van der Waals surface area contributed by atoms with Crippen molar-refractivity contribution >= 4 is 17.2 Å². The van der Waals surface area contributed by atoms with Gasteiger partial charge in [-0.3, -0.25) is 4.79 Å². The summed E-state index contributed by atoms with van der Waals surface area (Å²) < 4.78 is 12.3. The first kappa shape index (κ1) is 22.2. The van der Waals surface area contributed by atoms with Gasteiger partial charge in [0.1, 0.15) is 5.75 Å². The second kappa shape index (κ2) is 8.88. The number of piperidine rings is 1. The number of hydrogen-bond acceptors (Lipinski definition) is 6. The van der Waals surface area contributed by atoms with E-state index in [1.165, 1.54) is 0 Å². The smallest absolute Gasteiger partial charge is 0.253 e. The number of carbonyl (C=O) groups excluding carboxylic acids is 1. The van der Waals surface area contributed by atoms with Crippen LogP contribution in [0, 0.1) is 13.8 Å². The Morgan fingerprint density at radius 3 is 2.68 bits per heavy atom. The number of rotatable bonds is 4. The zero-order chi connectivity index (χ0) is 22.2. The molecule has 6 nitrogen and oxygen atoms in total. The fourth-order valence-electron chi connectivity index (χ4n) is 4.65. The van der Waals surface area contributed by atoms with E-state index in [4.69, 9.17) is 9.47 Å². The lowest BCUT2D eigenvalue weighted by Gasteiger charge is -2.47. The lowest BCUT2D eigenvalue weighted by Crippen LogP contribution is -2.52. The second-order valence-corrected chi connectivity index (χ2v) is 10.4. The normalized spacial score (nSPS) is 23.4. The quantitative estimate of drug-likeness (QED) is 0.755. The van der Waals surface area contributed by atoms with E-state index in [-0.39, 0.29) is 29.8 Å². The molecule has 0 radical (unpaired) electrons. The Hall–Kier alpha value is -1.96. The van der Waals surface area contributed by atoms with Crippen LogP contribution in [-0.4, -0.2) is 51.8 Å². The average Bonchev–Trinajstić information content (AvgIpc) is 3.15. The molecule has 168 valence electrons. The molecule has 1 aromatic carbocycles. The standard InChI is InChI=1S/C24H32N2O4S/c1-15(2)29-20-6-5-18(11-16(20)3)23(28)26-9-7-24(8-10-26)13-19(27)12-21(30-24)22-14-25-17(4)31-22/h5-6,11,14-15,19,21,27H,7-10,12-13H2,1-4H3/t19-,21-/m0/s1. The summed E-state index contributed by atoms with van der Waals surface area (Å²) in [6.07, 6.45) is 4.16. The second-order valence-electron chi connectivity index (χ2n) is 9.10. The summed E-state index contributed by atoms with van der Waals surface area (Å²) in [5.41, 5.74) is 1.28. The number of aliphatic hydroxyl groups excluding tert-OH is 1. The monoisotopic (exact) mass is 444 g/mol. The highest BCUT2D eigenvalue weighted by atomic mass is 32.1. The van der Waals surface area contributed by atoms with Crippen LogP contribution >= 0.6 is 11.3 Å². The molecular formula is C24H32N2O4S. The zero-order valence-corrected chi connectivity index (χ0v) is 19.6. The Labute approximate surface area is 188 Å². The first-order valence-corrected chi connectivity index (χ1v) is 11.9. The van der Waals surface area contributed by atoms with Gasteiger partial charge in [0.2, 0.25) is 0 Å². The topological polar surface area (TPSA) is 71.9 Å². The number of aromatic nitrogens is 1. The van der Waals surface area contributed by atoms with Crippen LogP contribution in [0.5, 0.6) is 5.75 Å². The van der Waals surface area contributed by atoms with Crippen LogP contribution in [0.1, 0.15) is 71.4 Å². The van der Waals surface area contributed by atoms with Crippen LogP contribution in [0.2, 0.25) is 0 Å². The highest BCUT2D eigenvalue weighted by Gasteiger charge is 2.44. The number of carbonyl (C=O) groups is 1. The van der Waals surface area contributed by atoms with Crippen molar-refractivity contribution in [3.63, 3.8) is 0 Å². The summed E-state index contributed by atoms with van der Waals surface area (Å²) in [4.78, 5) is 20.4. The minimum Gasteiger partial charge on any atom is -0.491 e. The maximum atomic E-state index is 13.1. The van der Waals surface area contributed by atoms with Crippen LogP contribution in [0.3, 0.4) is 0 Å². The minimum absolute atomic E-state index is 0.0417. The van der Waals surface area contributed by atoms with Crippen LogP contribution in [0.4, 0.5) is 0 Å². The number of aryl methyl sites for hydroxylation is 2. The van der Waals surface area contributed by atoms with Gasteiger partial charge in [-0.15, -0.1) is 11.3 Å². The van der Waals surface area contributed by atoms with Gasteiger partial charge >= 0.3 is 0 Å². The van der Waals surface area contributed by atoms with Crippen molar-refractivity contribution in [2.75, 3.05) is 13.1 Å². The average molecular weight is 445 g/mol. The van der Waals surface area contributed by atoms with Crippen molar-refractivity contribution in [3.8, 4) is 5.75 Å². The first-order valence-electron chi connectivity index (χ1n) is 11.1. The van der Waals surface area contributed by atoms with Crippen LogP contribution in [0.25, 0.3) is 0 Å². The van der Waals surface area contributed by atoms with Crippen LogP contribution in [0.15, 0.2) is 24.4 Å². The third-order valence-corrected chi connectivity index (χ3v) is 7.19. The Morgan fingerprint density at radius 1 is 1.32 bits per heavy atom. The summed E-state index contributed by atoms with van der Waals surface area (Å²) in [5.74, 6) is 0.859. The summed E-state index contributed by atoms with van der Waals surface area (Å²) >= 11 is 1.63. The van der Waals surface area contributed by atoms with Crippen molar-refractivity contribution in [3.05, 3.63) is 45.4 Å². The van der Waals surface area contributed by atoms with E-state index in [1.54, 1.807) is 11.3 Å². The molecule has 7 heteroatoms. The van der Waals surface area contributed by atoms with Gasteiger partial charge in [0.25, 0.3) is 5.91 Å². The third kappa shape index (κ3) is 4.94. The largest absolute Gasteiger partial charge is 0.491 e. The summed E-state index contributed by atoms with van der Waals surface area (Å²) in [7, 11) is 0. The van der Waals surface area contributed by atoms with E-state index >= 15 is 0 Å². The van der Waals surface area contributed by atoms with Crippen molar-refractivity contribution in [2.45, 2.75) is 77.3 Å². The first-order chi connectivity index (χ1) is 14.7. The molecule has 2 aliphatic heterocycles. The van der Waals surface area contributed by atoms with Crippen LogP contribution < -0.4 is 4.74 Å². The van der Waals surface area contributed by atoms with E-state index < -0.39 is 0 Å². The number of hydrogen-bond donors (Lipinski definition) is 1. The minimum atomic E-state index is -0.389. The van der Waals surface area contributed by atoms with Crippen LogP contribution in [-0.2, 0) is 4.74 Å². The molecule has 3 heterocycles. The molecule has 0 bridgehead atoms. The summed E-state index contributed by atoms with van der Waals surface area (Å²) in [6.45, 7) is 9.20. The van der Waals surface area contributed by atoms with Gasteiger partial charge in [0.15, 0.2) is 0 Å². The molecule has 0 aliphatic carbocycles. The van der Waals surface area contributed by atoms with Crippen molar-refractivity contribution in [1.29, 1.82) is 0 Å². The molecule has 4 rings (SSSR count). The molecule has 1 amide bonds. The molecule has 0 saturated carbocycles. The zero-order valence-electron chi connectivity index (χ0n) is 18.8. The van der Waals surface area contributed by atoms with Crippen molar-refractivity contribution in [2.24, 2.45) is 0 Å². The van der Waals surface area contributed by atoms with Gasteiger partial charge < -0.3 is 19.5 Å². The van der Waals surface area contributed by atoms with Gasteiger partial charge in [0, 0.05) is 37.7 Å². The SMILES string of the molecule is Cc1ncc([C@@H]2C[C@H](O)CC3(CCN(C(=O)c4ccc(OC(C)C)c(C)c4)CC3)O2)s1. The highest BCUT2D eigenvalue weighted by Crippen LogP contribution is 2.44. The number of ether oxygens (including phenoxy) is 2. The number of aliphatic hydroxyl groups is 1. The maximum Gasteiger partial charge on any atom is 0.253 e. The fraction of sp³-hybridized carbons (Fsp3) is 0.583. The Bertz CT molecular complexity index is 933. The molecule has 1 aromatic heterocycles. The van der Waals surface area contributed by atoms with Gasteiger partial charge in [-0.1, -0.05) is 0 Å². The lowest BCUT2D eigenvalue weighted by atomic mass is 9.81. The number of benzene rings is 1. The number of thiazole rings is 1. The predicted octanol–water partition coefficient (Wildman–Crippen LogP) is 4.43. The number of likely N-dealkylation sites (tertiary alicyclic amines) is 1. The number of nitrogens with zero attached hydrogens (tertiary/aromatic N) is 2. The van der Waals surface area contributed by atoms with E-state index in [0.717, 1.165) is 34.0 Å². The summed E-state index contributed by atoms with van der Waals surface area (Å²) in [5, 5.41) is 11.6. The van der Waals surface area contributed by atoms with E-state index in [1.807, 2.05) is 57.0 Å². The molecule has 0 unspecified atom stereocenters. The maximum absolute atomic E-state index is 13.1. The van der Waals surface area contributed by atoms with Gasteiger partial charge in [-0.2, -0.15) is 0 Å². The Morgan fingerprint density at radius 2 is 2.06 bits per heavy atom. The molecule has 1 spiro atoms. The molecule has 2 saturated heterocycles. The summed E-state index contributed by atoms with van der Waals surface area (Å²) in [6, 6.07) is 5.64. The molecule has 2 aromatic rings. The molecule has 2 aliphatic rings. The van der Waals surface area contributed by atoms with Gasteiger partial charge in [0.05, 0.1) is 33.8 Å². The molecule has 2 fully saturated rings. The van der Waals surface area contributed by atoms with E-state index in [9.17, 15) is 9.90 Å². The van der Waals surface area contributed by atoms with Gasteiger partial charge in [-0.05, 0) is 64.3 Å². The van der Waals surface area contributed by atoms with Gasteiger partial charge in [-0.25, -0.2) is 4.98 Å². The third-order valence-electron chi connectivity index (χ3n) is 6.19. The van der Waals surface area contributed by atoms with E-state index in [2.05, 4.69) is 4.98 Å². The number of amides is 1. The molecule has 31 heavy (non-hydrogen) atoms. The van der Waals surface area contributed by atoms with Crippen molar-refractivity contribution in [1.82, 2.24) is 9.88 Å². The molecular weight excluding hydrogens is 412 g/mol. The lowest BCUT2D eigenvalue weighted by molar-refractivity contribution is -0.180. The molecule has 2 atom stereocenters. The molecule has 1 N–H and O–H groups in total. The highest BCUT2D eigenvalue weighted by molar-refractivity contribution is 7.11. The van der Waals surface area contributed by atoms with E-state index in [0.29, 0.717) is 31.5 Å². The fourth-order valence-corrected chi connectivity index (χ4v) is 5.48. The Balaban J connectivity index is 1.41. The Kier molecular flexibility index (Phi) is 6.37. The predicted molar refractivity (Wildman–Crippen MR) is 121 cm³/mol. The van der Waals surface area contributed by atoms with Crippen molar-refractivity contribution < 1.29 is 19.4 Å².